The molecule has 6 heteroatoms. The number of hydrogen-bond acceptors (Lipinski definition) is 4. The van der Waals surface area contributed by atoms with Gasteiger partial charge >= 0.3 is 0 Å². The number of halogens is 1. The van der Waals surface area contributed by atoms with Crippen molar-refractivity contribution in [2.45, 2.75) is 26.5 Å². The molecule has 1 heterocycles. The van der Waals surface area contributed by atoms with E-state index in [4.69, 9.17) is 16.3 Å². The van der Waals surface area contributed by atoms with Crippen LogP contribution in [0.25, 0.3) is 0 Å². The van der Waals surface area contributed by atoms with E-state index in [-0.39, 0.29) is 12.0 Å². The molecule has 4 rings (SSSR count). The van der Waals surface area contributed by atoms with Gasteiger partial charge in [-0.25, -0.2) is 0 Å². The Bertz CT molecular complexity index is 1080. The first kappa shape index (κ1) is 23.1. The summed E-state index contributed by atoms with van der Waals surface area (Å²) in [7, 11) is 0. The first-order valence-corrected chi connectivity index (χ1v) is 11.7. The zero-order chi connectivity index (χ0) is 23.2. The number of amides is 1. The number of nitrogens with one attached hydrogen (secondary N) is 1. The van der Waals surface area contributed by atoms with Gasteiger partial charge in [-0.3, -0.25) is 9.69 Å². The van der Waals surface area contributed by atoms with Crippen molar-refractivity contribution in [2.75, 3.05) is 36.4 Å². The highest BCUT2D eigenvalue weighted by Crippen LogP contribution is 2.23. The predicted molar refractivity (Wildman–Crippen MR) is 136 cm³/mol. The third-order valence-electron chi connectivity index (χ3n) is 5.68. The van der Waals surface area contributed by atoms with Crippen LogP contribution in [0.15, 0.2) is 72.8 Å². The number of carbonyl (C=O) groups excluding carboxylic acids is 1. The first-order valence-electron chi connectivity index (χ1n) is 11.4. The zero-order valence-electron chi connectivity index (χ0n) is 19.1. The summed E-state index contributed by atoms with van der Waals surface area (Å²) < 4.78 is 5.69. The molecule has 172 valence electrons. The highest BCUT2D eigenvalue weighted by Gasteiger charge is 2.18. The van der Waals surface area contributed by atoms with Crippen LogP contribution < -0.4 is 15.0 Å². The van der Waals surface area contributed by atoms with Gasteiger partial charge in [0.05, 0.1) is 6.10 Å². The Hall–Kier alpha value is -3.02. The van der Waals surface area contributed by atoms with Crippen LogP contribution >= 0.6 is 11.6 Å². The van der Waals surface area contributed by atoms with Gasteiger partial charge in [-0.05, 0) is 67.9 Å². The number of nitrogens with zero attached hydrogens (tertiary/aromatic N) is 2. The summed E-state index contributed by atoms with van der Waals surface area (Å²) in [6, 6.07) is 23.3. The third-order valence-corrected chi connectivity index (χ3v) is 6.05. The minimum absolute atomic E-state index is 0.0638. The highest BCUT2D eigenvalue weighted by atomic mass is 35.5. The minimum atomic E-state index is -0.148. The topological polar surface area (TPSA) is 44.8 Å². The lowest BCUT2D eigenvalue weighted by Crippen LogP contribution is -2.46. The van der Waals surface area contributed by atoms with Crippen LogP contribution in [0.3, 0.4) is 0 Å². The SMILES string of the molecule is CC(C)Oc1cccc(C(=O)Nc2ccc(N3CCN(Cc4ccccc4Cl)CC3)cc2)c1. The van der Waals surface area contributed by atoms with Gasteiger partial charge in [0.1, 0.15) is 5.75 Å². The van der Waals surface area contributed by atoms with E-state index in [0.717, 1.165) is 49.1 Å². The molecule has 0 saturated carbocycles. The van der Waals surface area contributed by atoms with E-state index >= 15 is 0 Å². The fourth-order valence-corrected chi connectivity index (χ4v) is 4.17. The molecule has 0 atom stereocenters. The number of benzene rings is 3. The molecule has 0 unspecified atom stereocenters. The Balaban J connectivity index is 1.31. The highest BCUT2D eigenvalue weighted by molar-refractivity contribution is 6.31. The monoisotopic (exact) mass is 463 g/mol. The molecule has 0 spiro atoms. The van der Waals surface area contributed by atoms with E-state index < -0.39 is 0 Å². The van der Waals surface area contributed by atoms with Gasteiger partial charge in [-0.1, -0.05) is 35.9 Å². The summed E-state index contributed by atoms with van der Waals surface area (Å²) in [6.45, 7) is 8.69. The van der Waals surface area contributed by atoms with E-state index in [1.54, 1.807) is 12.1 Å². The fraction of sp³-hybridized carbons (Fsp3) is 0.296. The third kappa shape index (κ3) is 6.28. The van der Waals surface area contributed by atoms with Crippen molar-refractivity contribution in [3.05, 3.63) is 88.9 Å². The lowest BCUT2D eigenvalue weighted by Gasteiger charge is -2.36. The van der Waals surface area contributed by atoms with Gasteiger partial charge in [0, 0.05) is 54.7 Å². The van der Waals surface area contributed by atoms with Gasteiger partial charge in [0.2, 0.25) is 0 Å². The molecule has 1 aliphatic rings. The molecule has 3 aromatic rings. The van der Waals surface area contributed by atoms with E-state index in [1.807, 2.05) is 56.3 Å². The Kier molecular flexibility index (Phi) is 7.53. The average molecular weight is 464 g/mol. The van der Waals surface area contributed by atoms with Crippen LogP contribution in [0.2, 0.25) is 5.02 Å². The Morgan fingerprint density at radius 2 is 1.70 bits per heavy atom. The normalized spacial score (nSPS) is 14.4. The van der Waals surface area contributed by atoms with Crippen molar-refractivity contribution in [3.8, 4) is 5.75 Å². The number of carbonyl (C=O) groups is 1. The van der Waals surface area contributed by atoms with Crippen LogP contribution in [0.5, 0.6) is 5.75 Å². The number of rotatable bonds is 7. The van der Waals surface area contributed by atoms with Crippen LogP contribution in [0, 0.1) is 0 Å². The molecular weight excluding hydrogens is 434 g/mol. The van der Waals surface area contributed by atoms with Crippen molar-refractivity contribution in [1.82, 2.24) is 4.90 Å². The molecule has 1 amide bonds. The van der Waals surface area contributed by atoms with Crippen molar-refractivity contribution in [1.29, 1.82) is 0 Å². The number of ether oxygens (including phenoxy) is 1. The average Bonchev–Trinajstić information content (AvgIpc) is 2.81. The molecule has 1 aliphatic heterocycles. The van der Waals surface area contributed by atoms with Gasteiger partial charge in [0.15, 0.2) is 0 Å². The van der Waals surface area contributed by atoms with Gasteiger partial charge in [0.25, 0.3) is 5.91 Å². The second kappa shape index (κ2) is 10.7. The second-order valence-electron chi connectivity index (χ2n) is 8.55. The Labute approximate surface area is 200 Å². The quantitative estimate of drug-likeness (QED) is 0.488. The summed E-state index contributed by atoms with van der Waals surface area (Å²) in [6.07, 6.45) is 0.0638. The lowest BCUT2D eigenvalue weighted by molar-refractivity contribution is 0.102. The number of anilines is 2. The molecule has 0 aromatic heterocycles. The summed E-state index contributed by atoms with van der Waals surface area (Å²) in [5.41, 5.74) is 3.69. The van der Waals surface area contributed by atoms with E-state index in [2.05, 4.69) is 33.3 Å². The minimum Gasteiger partial charge on any atom is -0.491 e. The maximum Gasteiger partial charge on any atom is 0.255 e. The largest absolute Gasteiger partial charge is 0.491 e. The molecular formula is C27H30ClN3O2. The molecule has 1 saturated heterocycles. The summed E-state index contributed by atoms with van der Waals surface area (Å²) >= 11 is 6.31. The molecule has 3 aromatic carbocycles. The summed E-state index contributed by atoms with van der Waals surface area (Å²) in [4.78, 5) is 17.5. The van der Waals surface area contributed by atoms with Crippen molar-refractivity contribution < 1.29 is 9.53 Å². The van der Waals surface area contributed by atoms with Crippen LogP contribution in [0.4, 0.5) is 11.4 Å². The van der Waals surface area contributed by atoms with E-state index in [9.17, 15) is 4.79 Å². The molecule has 0 aliphatic carbocycles. The van der Waals surface area contributed by atoms with Crippen LogP contribution in [0.1, 0.15) is 29.8 Å². The molecule has 0 radical (unpaired) electrons. The lowest BCUT2D eigenvalue weighted by atomic mass is 10.1. The Morgan fingerprint density at radius 3 is 2.39 bits per heavy atom. The summed E-state index contributed by atoms with van der Waals surface area (Å²) in [5, 5.41) is 3.81. The smallest absolute Gasteiger partial charge is 0.255 e. The maximum absolute atomic E-state index is 12.7. The first-order chi connectivity index (χ1) is 16.0. The predicted octanol–water partition coefficient (Wildman–Crippen LogP) is 5.70. The van der Waals surface area contributed by atoms with Crippen LogP contribution in [-0.4, -0.2) is 43.1 Å². The molecule has 33 heavy (non-hydrogen) atoms. The van der Waals surface area contributed by atoms with Crippen molar-refractivity contribution in [2.24, 2.45) is 0 Å². The van der Waals surface area contributed by atoms with Crippen LogP contribution in [-0.2, 0) is 6.54 Å². The molecule has 1 N–H and O–H groups in total. The van der Waals surface area contributed by atoms with Crippen molar-refractivity contribution in [3.63, 3.8) is 0 Å². The zero-order valence-corrected chi connectivity index (χ0v) is 19.9. The fourth-order valence-electron chi connectivity index (χ4n) is 3.97. The second-order valence-corrected chi connectivity index (χ2v) is 8.96. The molecule has 1 fully saturated rings. The van der Waals surface area contributed by atoms with Crippen molar-refractivity contribution >= 4 is 28.9 Å². The maximum atomic E-state index is 12.7. The molecule has 5 nitrogen and oxygen atoms in total. The van der Waals surface area contributed by atoms with E-state index in [0.29, 0.717) is 11.3 Å². The number of hydrogen-bond donors (Lipinski definition) is 1. The molecule has 0 bridgehead atoms. The van der Waals surface area contributed by atoms with Gasteiger partial charge < -0.3 is 15.0 Å². The van der Waals surface area contributed by atoms with Gasteiger partial charge in [-0.15, -0.1) is 0 Å². The van der Waals surface area contributed by atoms with E-state index in [1.165, 1.54) is 5.56 Å². The number of piperazine rings is 1. The summed E-state index contributed by atoms with van der Waals surface area (Å²) in [5.74, 6) is 0.548. The standard InChI is InChI=1S/C27H30ClN3O2/c1-20(2)33-25-8-5-7-21(18-25)27(32)29-23-10-12-24(13-11-23)31-16-14-30(15-17-31)19-22-6-3-4-9-26(22)28/h3-13,18,20H,14-17,19H2,1-2H3,(H,29,32). The Morgan fingerprint density at radius 1 is 0.970 bits per heavy atom. The van der Waals surface area contributed by atoms with Gasteiger partial charge in [-0.2, -0.15) is 0 Å².